The summed E-state index contributed by atoms with van der Waals surface area (Å²) in [7, 11) is 0. The molecule has 2 aliphatic carbocycles. The summed E-state index contributed by atoms with van der Waals surface area (Å²) < 4.78 is 94.7. The first-order valence-corrected chi connectivity index (χ1v) is 36.3. The van der Waals surface area contributed by atoms with E-state index in [0.29, 0.717) is 0 Å². The number of rotatable bonds is 19. The maximum atomic E-state index is 9.93. The molecule has 18 rings (SSSR count). The molecule has 104 heavy (non-hydrogen) atoms. The molecule has 0 fully saturated rings. The second kappa shape index (κ2) is 26.5. The Balaban J connectivity index is 0.897. The van der Waals surface area contributed by atoms with Crippen molar-refractivity contribution in [2.75, 3.05) is 9.80 Å². The summed E-state index contributed by atoms with van der Waals surface area (Å²) in [4.78, 5) is 4.72. The van der Waals surface area contributed by atoms with Crippen LogP contribution in [0.1, 0.15) is 120 Å². The molecule has 0 aromatic heterocycles. The predicted molar refractivity (Wildman–Crippen MR) is 443 cm³/mol. The van der Waals surface area contributed by atoms with Crippen molar-refractivity contribution in [3.05, 3.63) is 419 Å². The lowest BCUT2D eigenvalue weighted by atomic mass is 9.67. The van der Waals surface area contributed by atoms with Gasteiger partial charge in [0.15, 0.2) is 0 Å². The van der Waals surface area contributed by atoms with Crippen LogP contribution in [0.2, 0.25) is 0 Å². The van der Waals surface area contributed by atoms with E-state index in [2.05, 4.69) is 231 Å². The molecule has 16 aromatic rings. The third-order valence-electron chi connectivity index (χ3n) is 22.0. The van der Waals surface area contributed by atoms with Gasteiger partial charge >= 0.3 is 0 Å². The van der Waals surface area contributed by atoms with Crippen LogP contribution in [0.3, 0.4) is 0 Å². The van der Waals surface area contributed by atoms with Crippen LogP contribution >= 0.6 is 0 Å². The normalized spacial score (nSPS) is 16.2. The number of anilines is 6. The van der Waals surface area contributed by atoms with Gasteiger partial charge in [0.25, 0.3) is 0 Å². The van der Waals surface area contributed by atoms with Crippen molar-refractivity contribution in [1.82, 2.24) is 0 Å². The summed E-state index contributed by atoms with van der Waals surface area (Å²) in [6.45, 7) is 12.6. The summed E-state index contributed by atoms with van der Waals surface area (Å²) in [6, 6.07) is 94.5. The Labute approximate surface area is 625 Å². The van der Waals surface area contributed by atoms with Crippen molar-refractivity contribution in [3.8, 4) is 33.4 Å². The van der Waals surface area contributed by atoms with Crippen LogP contribution in [0.25, 0.3) is 88.6 Å². The number of nitrogens with zero attached hydrogens (tertiary/aromatic N) is 2. The lowest BCUT2D eigenvalue weighted by Crippen LogP contribution is -2.28. The maximum absolute atomic E-state index is 9.93. The average molecular weight is 1340 g/mol. The molecule has 0 aliphatic heterocycles. The molecule has 2 unspecified atom stereocenters. The first-order chi connectivity index (χ1) is 55.5. The number of benzene rings is 16. The summed E-state index contributed by atoms with van der Waals surface area (Å²) in [5.74, 6) is 0. The summed E-state index contributed by atoms with van der Waals surface area (Å²) >= 11 is 0. The van der Waals surface area contributed by atoms with E-state index < -0.39 is 47.1 Å². The number of hydrogen-bond donors (Lipinski definition) is 0. The van der Waals surface area contributed by atoms with E-state index in [9.17, 15) is 11.0 Å². The van der Waals surface area contributed by atoms with Gasteiger partial charge in [-0.25, -0.2) is 0 Å². The number of hydrogen-bond acceptors (Lipinski definition) is 2. The molecule has 2 nitrogen and oxygen atoms in total. The molecule has 0 radical (unpaired) electrons. The molecule has 0 amide bonds. The second-order valence-corrected chi connectivity index (χ2v) is 27.6. The molecule has 2 atom stereocenters. The van der Waals surface area contributed by atoms with Gasteiger partial charge in [-0.1, -0.05) is 343 Å². The second-order valence-electron chi connectivity index (χ2n) is 27.6. The van der Waals surface area contributed by atoms with Crippen molar-refractivity contribution in [2.24, 2.45) is 0 Å². The molecule has 0 N–H and O–H groups in total. The van der Waals surface area contributed by atoms with E-state index in [4.69, 9.17) is 2.74 Å². The highest BCUT2D eigenvalue weighted by Crippen LogP contribution is 2.60. The van der Waals surface area contributed by atoms with Gasteiger partial charge < -0.3 is 9.80 Å². The first-order valence-electron chi connectivity index (χ1n) is 41.3. The van der Waals surface area contributed by atoms with Crippen LogP contribution in [0, 0.1) is 0 Å². The van der Waals surface area contributed by atoms with Gasteiger partial charge in [-0.15, -0.1) is 0 Å². The Morgan fingerprint density at radius 3 is 1.11 bits per heavy atom. The minimum absolute atomic E-state index is 0.170. The van der Waals surface area contributed by atoms with Gasteiger partial charge in [-0.2, -0.15) is 0 Å². The minimum Gasteiger partial charge on any atom is -0.309 e. The Hall–Kier alpha value is -12.4. The fourth-order valence-corrected chi connectivity index (χ4v) is 17.2. The van der Waals surface area contributed by atoms with Crippen LogP contribution in [0.5, 0.6) is 0 Å². The highest BCUT2D eigenvalue weighted by atomic mass is 15.2. The fraction of sp³-hybridized carbons (Fsp3) is 0.0980. The van der Waals surface area contributed by atoms with E-state index >= 15 is 0 Å². The Kier molecular flexibility index (Phi) is 13.7. The van der Waals surface area contributed by atoms with Gasteiger partial charge in [0.05, 0.1) is 47.3 Å². The standard InChI is InChI=1S/C102H80N2/c1-5-9-27-71-49-57-89-91(65-71)83(61-63-99(89)103(97-43-25-31-73-29-17-19-37-81(73)97)79-55-59-87-85-39-21-23-41-93(85)101(95(87)67-79,75-33-13-11-14-34-75)77-51-45-69(7-3)46-52-77)84-62-64-100(90-58-50-72(28-10-6-2)66-92(84)90)104(98-44-26-32-74-30-18-20-38-82(74)98)80-56-60-88-86-40-22-24-42-94(86)102(96(88)68-80,76-35-15-12-16-36-76)78-53-47-70(8-4)48-54-78/h7-8,11-26,29-68H,3-6,9-10,27-28H2,1-2H3/i11D,12D,13D,14D,15D,16D,33D,34D,35D,36D. The topological polar surface area (TPSA) is 6.48 Å². The molecular formula is C102H80N2. The van der Waals surface area contributed by atoms with Gasteiger partial charge in [0, 0.05) is 32.9 Å². The Morgan fingerprint density at radius 2 is 0.683 bits per heavy atom. The number of aryl methyl sites for hydroxylation is 2. The third-order valence-corrected chi connectivity index (χ3v) is 22.0. The molecule has 0 saturated heterocycles. The highest BCUT2D eigenvalue weighted by molar-refractivity contribution is 6.15. The Bertz CT molecular complexity index is 6200. The lowest BCUT2D eigenvalue weighted by molar-refractivity contribution is 0.768. The summed E-state index contributed by atoms with van der Waals surface area (Å²) in [5.41, 5.74) is 17.3. The van der Waals surface area contributed by atoms with Gasteiger partial charge in [-0.05, 0) is 196 Å². The first kappa shape index (κ1) is 53.5. The maximum Gasteiger partial charge on any atom is 0.0714 e. The lowest BCUT2D eigenvalue weighted by Gasteiger charge is -2.35. The van der Waals surface area contributed by atoms with Gasteiger partial charge in [-0.3, -0.25) is 0 Å². The zero-order valence-corrected chi connectivity index (χ0v) is 58.3. The van der Waals surface area contributed by atoms with Crippen molar-refractivity contribution in [3.63, 3.8) is 0 Å². The largest absolute Gasteiger partial charge is 0.309 e. The zero-order valence-electron chi connectivity index (χ0n) is 68.3. The molecule has 0 bridgehead atoms. The predicted octanol–water partition coefficient (Wildman–Crippen LogP) is 27.6. The van der Waals surface area contributed by atoms with Gasteiger partial charge in [0.1, 0.15) is 0 Å². The molecule has 0 spiro atoms. The monoisotopic (exact) mass is 1340 g/mol. The van der Waals surface area contributed by atoms with Crippen molar-refractivity contribution < 1.29 is 13.7 Å². The molecule has 2 aliphatic rings. The summed E-state index contributed by atoms with van der Waals surface area (Å²) in [6.07, 6.45) is 9.32. The average Bonchev–Trinajstić information content (AvgIpc) is 1.51. The molecular weight excluding hydrogens is 1250 g/mol. The smallest absolute Gasteiger partial charge is 0.0714 e. The summed E-state index contributed by atoms with van der Waals surface area (Å²) in [5, 5.41) is 8.24. The minimum atomic E-state index is -1.41. The van der Waals surface area contributed by atoms with Crippen LogP contribution in [0.15, 0.2) is 353 Å². The molecule has 2 heteroatoms. The van der Waals surface area contributed by atoms with Gasteiger partial charge in [0.2, 0.25) is 0 Å². The van der Waals surface area contributed by atoms with Crippen molar-refractivity contribution in [2.45, 2.75) is 63.2 Å². The zero-order chi connectivity index (χ0) is 78.6. The van der Waals surface area contributed by atoms with E-state index in [0.717, 1.165) is 194 Å². The van der Waals surface area contributed by atoms with Crippen LogP contribution in [-0.4, -0.2) is 0 Å². The SMILES string of the molecule is [2H]c1c([2H])c([2H])c(C2(c3ccc(C=C)cc3)c3ccccc3-c3ccc(N(c4cccc5ccccc45)c4ccc(-c5ccc(N(c6ccc7c(c6)C(c6ccc(C=C)cc6)(c6c([2H])c([2H])c([2H])c([2H])c6[2H])c6ccccc6-7)c6cccc7ccccc67)c6ccc(CCCC)cc56)c5cc(CCCC)ccc45)cc32)c([2H])c1[2H]. The van der Waals surface area contributed by atoms with E-state index in [-0.39, 0.29) is 35.3 Å². The Morgan fingerprint density at radius 1 is 0.308 bits per heavy atom. The number of fused-ring (bicyclic) bond motifs is 10. The number of unbranched alkanes of at least 4 members (excludes halogenated alkanes) is 2. The quantitative estimate of drug-likeness (QED) is 0.0796. The van der Waals surface area contributed by atoms with Crippen LogP contribution < -0.4 is 9.80 Å². The fourth-order valence-electron chi connectivity index (χ4n) is 17.2. The van der Waals surface area contributed by atoms with Crippen LogP contribution in [-0.2, 0) is 23.7 Å². The third kappa shape index (κ3) is 10.3. The van der Waals surface area contributed by atoms with E-state index in [1.807, 2.05) is 84.9 Å². The molecule has 16 aromatic carbocycles. The molecule has 0 saturated carbocycles. The molecule has 0 heterocycles. The van der Waals surface area contributed by atoms with E-state index in [1.54, 1.807) is 12.2 Å². The van der Waals surface area contributed by atoms with Crippen molar-refractivity contribution >= 4 is 89.4 Å². The highest BCUT2D eigenvalue weighted by Gasteiger charge is 2.48. The molecule has 498 valence electrons. The van der Waals surface area contributed by atoms with Crippen molar-refractivity contribution in [1.29, 1.82) is 0 Å². The van der Waals surface area contributed by atoms with E-state index in [1.165, 1.54) is 11.1 Å². The van der Waals surface area contributed by atoms with Crippen LogP contribution in [0.4, 0.5) is 34.1 Å².